The summed E-state index contributed by atoms with van der Waals surface area (Å²) in [7, 11) is 5.69. The van der Waals surface area contributed by atoms with Crippen molar-refractivity contribution in [1.29, 1.82) is 0 Å². The Morgan fingerprint density at radius 2 is 2.12 bits per heavy atom. The summed E-state index contributed by atoms with van der Waals surface area (Å²) in [6.45, 7) is 4.84. The van der Waals surface area contributed by atoms with E-state index < -0.39 is 0 Å². The van der Waals surface area contributed by atoms with Crippen LogP contribution in [0, 0.1) is 5.41 Å². The minimum atomic E-state index is -0.372. The van der Waals surface area contributed by atoms with E-state index in [0.717, 1.165) is 38.0 Å². The number of allylic oxidation sites excluding steroid dienone is 2. The monoisotopic (exact) mass is 345 g/mol. The fraction of sp³-hybridized carbons (Fsp3) is 0.667. The van der Waals surface area contributed by atoms with E-state index in [2.05, 4.69) is 31.0 Å². The van der Waals surface area contributed by atoms with Gasteiger partial charge in [-0.25, -0.2) is 0 Å². The number of nitrogens with zero attached hydrogens (tertiary/aromatic N) is 1. The normalized spacial score (nSPS) is 37.5. The van der Waals surface area contributed by atoms with Gasteiger partial charge in [-0.3, -0.25) is 4.79 Å². The number of ketones is 1. The van der Waals surface area contributed by atoms with E-state index in [0.29, 0.717) is 6.04 Å². The molecule has 1 saturated heterocycles. The maximum absolute atomic E-state index is 11.5. The molecule has 0 aromatic rings. The van der Waals surface area contributed by atoms with Gasteiger partial charge in [0.1, 0.15) is 11.4 Å². The molecule has 0 N–H and O–H groups in total. The van der Waals surface area contributed by atoms with Crippen molar-refractivity contribution in [3.05, 3.63) is 35.1 Å². The zero-order chi connectivity index (χ0) is 18.2. The standard InChI is InChI=1S/C21H31NO3/c1-15(23)12-16-6-9-21(10-11-22(3)18(21)13-16)17-7-8-20(2,25-5)19(14-17)24-4/h7,12,14,18H,6,8-11,13H2,1-5H3/b16-12-/t18-,20?,21-/m0/s1. The van der Waals surface area contributed by atoms with E-state index in [4.69, 9.17) is 9.47 Å². The first-order valence-electron chi connectivity index (χ1n) is 9.27. The van der Waals surface area contributed by atoms with E-state index in [1.165, 1.54) is 17.6 Å². The summed E-state index contributed by atoms with van der Waals surface area (Å²) in [5, 5.41) is 0. The SMILES string of the molecule is COC1=CC([C@@]23CC/C(=C/C(C)=O)C[C@@H]2N(C)CC3)=CCC1(C)OC. The molecule has 2 fully saturated rings. The summed E-state index contributed by atoms with van der Waals surface area (Å²) in [5.41, 5.74) is 2.50. The topological polar surface area (TPSA) is 38.8 Å². The van der Waals surface area contributed by atoms with Crippen molar-refractivity contribution in [2.45, 2.75) is 57.6 Å². The Labute approximate surface area is 151 Å². The first-order chi connectivity index (χ1) is 11.8. The lowest BCUT2D eigenvalue weighted by Gasteiger charge is -2.45. The van der Waals surface area contributed by atoms with Gasteiger partial charge < -0.3 is 14.4 Å². The fourth-order valence-electron chi connectivity index (χ4n) is 4.96. The van der Waals surface area contributed by atoms with Gasteiger partial charge in [-0.2, -0.15) is 0 Å². The molecule has 4 nitrogen and oxygen atoms in total. The maximum Gasteiger partial charge on any atom is 0.152 e. The average molecular weight is 345 g/mol. The van der Waals surface area contributed by atoms with Crippen LogP contribution in [0.1, 0.15) is 46.0 Å². The Morgan fingerprint density at radius 3 is 2.76 bits per heavy atom. The number of ether oxygens (including phenoxy) is 2. The van der Waals surface area contributed by atoms with Gasteiger partial charge in [-0.15, -0.1) is 0 Å². The number of carbonyl (C=O) groups excluding carboxylic acids is 1. The number of rotatable bonds is 4. The molecule has 3 rings (SSSR count). The molecule has 1 aliphatic heterocycles. The lowest BCUT2D eigenvalue weighted by atomic mass is 9.63. The highest BCUT2D eigenvalue weighted by molar-refractivity contribution is 5.88. The van der Waals surface area contributed by atoms with Crippen molar-refractivity contribution in [3.63, 3.8) is 0 Å². The number of hydrogen-bond donors (Lipinski definition) is 0. The number of carbonyl (C=O) groups is 1. The first-order valence-corrected chi connectivity index (χ1v) is 9.27. The van der Waals surface area contributed by atoms with Crippen LogP contribution < -0.4 is 0 Å². The predicted octanol–water partition coefficient (Wildman–Crippen LogP) is 3.64. The molecular weight excluding hydrogens is 314 g/mol. The molecule has 138 valence electrons. The van der Waals surface area contributed by atoms with Gasteiger partial charge in [-0.05, 0) is 70.8 Å². The van der Waals surface area contributed by atoms with Crippen molar-refractivity contribution < 1.29 is 14.3 Å². The summed E-state index contributed by atoms with van der Waals surface area (Å²) in [6, 6.07) is 0.458. The van der Waals surface area contributed by atoms with Gasteiger partial charge in [-0.1, -0.05) is 11.6 Å². The van der Waals surface area contributed by atoms with Crippen molar-refractivity contribution in [2.24, 2.45) is 5.41 Å². The second kappa shape index (κ2) is 6.73. The zero-order valence-electron chi connectivity index (χ0n) is 16.2. The van der Waals surface area contributed by atoms with Gasteiger partial charge in [0.2, 0.25) is 0 Å². The van der Waals surface area contributed by atoms with Crippen LogP contribution >= 0.6 is 0 Å². The number of methoxy groups -OCH3 is 2. The highest BCUT2D eigenvalue weighted by Gasteiger charge is 2.51. The molecule has 0 aromatic heterocycles. The van der Waals surface area contributed by atoms with E-state index in [9.17, 15) is 4.79 Å². The molecule has 1 saturated carbocycles. The van der Waals surface area contributed by atoms with E-state index in [-0.39, 0.29) is 16.8 Å². The molecule has 1 heterocycles. The van der Waals surface area contributed by atoms with Crippen LogP contribution in [0.5, 0.6) is 0 Å². The quantitative estimate of drug-likeness (QED) is 0.729. The number of likely N-dealkylation sites (tertiary alicyclic amines) is 1. The van der Waals surface area contributed by atoms with Gasteiger partial charge in [0.25, 0.3) is 0 Å². The Balaban J connectivity index is 1.93. The lowest BCUT2D eigenvalue weighted by molar-refractivity contribution is -0.112. The maximum atomic E-state index is 11.5. The smallest absolute Gasteiger partial charge is 0.152 e. The predicted molar refractivity (Wildman–Crippen MR) is 99.3 cm³/mol. The molecule has 2 aliphatic carbocycles. The van der Waals surface area contributed by atoms with Crippen molar-refractivity contribution in [2.75, 3.05) is 27.8 Å². The molecule has 0 aromatic carbocycles. The van der Waals surface area contributed by atoms with Crippen LogP contribution in [-0.2, 0) is 14.3 Å². The molecule has 3 atom stereocenters. The number of hydrogen-bond acceptors (Lipinski definition) is 4. The highest BCUT2D eigenvalue weighted by atomic mass is 16.5. The summed E-state index contributed by atoms with van der Waals surface area (Å²) < 4.78 is 11.4. The van der Waals surface area contributed by atoms with Gasteiger partial charge in [0, 0.05) is 25.0 Å². The van der Waals surface area contributed by atoms with Gasteiger partial charge in [0.15, 0.2) is 5.78 Å². The van der Waals surface area contributed by atoms with Crippen LogP contribution in [0.3, 0.4) is 0 Å². The molecule has 25 heavy (non-hydrogen) atoms. The summed E-state index contributed by atoms with van der Waals surface area (Å²) in [5.74, 6) is 1.08. The average Bonchev–Trinajstić information content (AvgIpc) is 2.92. The molecule has 4 heteroatoms. The minimum Gasteiger partial charge on any atom is -0.498 e. The van der Waals surface area contributed by atoms with Gasteiger partial charge in [0.05, 0.1) is 7.11 Å². The first kappa shape index (κ1) is 18.4. The molecule has 1 unspecified atom stereocenters. The molecule has 0 spiro atoms. The largest absolute Gasteiger partial charge is 0.498 e. The third kappa shape index (κ3) is 3.11. The zero-order valence-corrected chi connectivity index (χ0v) is 16.2. The molecule has 0 radical (unpaired) electrons. The van der Waals surface area contributed by atoms with Crippen LogP contribution in [0.25, 0.3) is 0 Å². The third-order valence-corrected chi connectivity index (χ3v) is 6.60. The second-order valence-corrected chi connectivity index (χ2v) is 8.03. The number of fused-ring (bicyclic) bond motifs is 1. The summed E-state index contributed by atoms with van der Waals surface area (Å²) >= 11 is 0. The van der Waals surface area contributed by atoms with Crippen LogP contribution in [0.15, 0.2) is 35.1 Å². The fourth-order valence-corrected chi connectivity index (χ4v) is 4.96. The van der Waals surface area contributed by atoms with Crippen molar-refractivity contribution in [3.8, 4) is 0 Å². The van der Waals surface area contributed by atoms with Crippen molar-refractivity contribution in [1.82, 2.24) is 4.90 Å². The van der Waals surface area contributed by atoms with E-state index in [1.807, 2.05) is 6.08 Å². The molecule has 3 aliphatic rings. The van der Waals surface area contributed by atoms with E-state index in [1.54, 1.807) is 21.1 Å². The molecular formula is C21H31NO3. The Morgan fingerprint density at radius 1 is 1.36 bits per heavy atom. The second-order valence-electron chi connectivity index (χ2n) is 8.03. The molecule has 0 bridgehead atoms. The minimum absolute atomic E-state index is 0.164. The summed E-state index contributed by atoms with van der Waals surface area (Å²) in [6.07, 6.45) is 11.5. The van der Waals surface area contributed by atoms with Crippen molar-refractivity contribution >= 4 is 5.78 Å². The van der Waals surface area contributed by atoms with E-state index >= 15 is 0 Å². The third-order valence-electron chi connectivity index (χ3n) is 6.60. The Bertz CT molecular complexity index is 648. The van der Waals surface area contributed by atoms with Gasteiger partial charge >= 0.3 is 0 Å². The Kier molecular flexibility index (Phi) is 4.95. The Hall–Kier alpha value is -1.39. The summed E-state index contributed by atoms with van der Waals surface area (Å²) in [4.78, 5) is 14.0. The van der Waals surface area contributed by atoms with Crippen LogP contribution in [-0.4, -0.2) is 50.1 Å². The lowest BCUT2D eigenvalue weighted by Crippen LogP contribution is -2.43. The van der Waals surface area contributed by atoms with Crippen LogP contribution in [0.4, 0.5) is 0 Å². The molecule has 0 amide bonds. The highest BCUT2D eigenvalue weighted by Crippen LogP contribution is 2.54. The van der Waals surface area contributed by atoms with Crippen LogP contribution in [0.2, 0.25) is 0 Å².